The summed E-state index contributed by atoms with van der Waals surface area (Å²) in [4.78, 5) is 13.1. The van der Waals surface area contributed by atoms with E-state index in [0.29, 0.717) is 12.8 Å². The highest BCUT2D eigenvalue weighted by atomic mass is 16.7. The van der Waals surface area contributed by atoms with Crippen LogP contribution in [0.15, 0.2) is 0 Å². The number of rotatable bonds is 6. The summed E-state index contributed by atoms with van der Waals surface area (Å²) >= 11 is 0. The van der Waals surface area contributed by atoms with E-state index in [4.69, 9.17) is 18.9 Å². The van der Waals surface area contributed by atoms with Crippen molar-refractivity contribution in [3.8, 4) is 0 Å². The Morgan fingerprint density at radius 1 is 0.698 bits per heavy atom. The van der Waals surface area contributed by atoms with Crippen molar-refractivity contribution in [3.05, 3.63) is 0 Å². The Hall–Kier alpha value is -1.05. The van der Waals surface area contributed by atoms with E-state index in [0.717, 1.165) is 0 Å². The molecule has 0 aromatic rings. The third kappa shape index (κ3) is 7.04. The Morgan fingerprint density at radius 3 is 2.05 bits per heavy atom. The van der Waals surface area contributed by atoms with Gasteiger partial charge in [-0.2, -0.15) is 0 Å². The van der Waals surface area contributed by atoms with Crippen LogP contribution in [0.5, 0.6) is 0 Å². The normalized spacial score (nSPS) is 52.7. The van der Waals surface area contributed by atoms with Gasteiger partial charge in [0.15, 0.2) is 12.4 Å². The van der Waals surface area contributed by atoms with Gasteiger partial charge in [0.05, 0.1) is 67.5 Å². The summed E-state index contributed by atoms with van der Waals surface area (Å²) in [6.45, 7) is -0.698. The fourth-order valence-corrected chi connectivity index (χ4v) is 7.51. The topological polar surface area (TPSA) is 256 Å². The summed E-state index contributed by atoms with van der Waals surface area (Å²) in [5.74, 6) is -2.71. The Labute approximate surface area is 248 Å². The molecule has 3 aliphatic carbocycles. The lowest BCUT2D eigenvalue weighted by Gasteiger charge is -2.51. The minimum atomic E-state index is -1.76. The molecule has 0 aromatic carbocycles. The molecule has 2 heterocycles. The monoisotopic (exact) mass is 622 g/mol. The molecule has 0 bridgehead atoms. The fourth-order valence-electron chi connectivity index (χ4n) is 7.51. The molecule has 2 aliphatic heterocycles. The third-order valence-electron chi connectivity index (χ3n) is 10.0. The van der Waals surface area contributed by atoms with E-state index in [2.05, 4.69) is 0 Å². The number of hydrogen-bond acceptors (Lipinski definition) is 15. The number of carbonyl (C=O) groups excluding carboxylic acids is 1. The fraction of sp³-hybridized carbons (Fsp3) is 0.964. The van der Waals surface area contributed by atoms with Gasteiger partial charge in [-0.15, -0.1) is 0 Å². The molecule has 248 valence electrons. The quantitative estimate of drug-likeness (QED) is 0.127. The summed E-state index contributed by atoms with van der Waals surface area (Å²) in [6.07, 6.45) is -16.5. The second-order valence-corrected chi connectivity index (χ2v) is 13.0. The van der Waals surface area contributed by atoms with Crippen LogP contribution < -0.4 is 0 Å². The highest BCUT2D eigenvalue weighted by molar-refractivity contribution is 5.73. The molecule has 0 aromatic heterocycles. The van der Waals surface area contributed by atoms with Crippen molar-refractivity contribution >= 4 is 5.97 Å². The maximum atomic E-state index is 13.1. The van der Waals surface area contributed by atoms with Crippen LogP contribution in [0.3, 0.4) is 0 Å². The van der Waals surface area contributed by atoms with Gasteiger partial charge in [-0.1, -0.05) is 0 Å². The minimum Gasteiger partial charge on any atom is -0.454 e. The zero-order valence-electron chi connectivity index (χ0n) is 23.8. The van der Waals surface area contributed by atoms with Crippen molar-refractivity contribution < 1.29 is 74.8 Å². The van der Waals surface area contributed by atoms with Crippen molar-refractivity contribution in [3.63, 3.8) is 0 Å². The zero-order valence-corrected chi connectivity index (χ0v) is 23.8. The molecule has 11 unspecified atom stereocenters. The molecular formula is C28H46O15. The highest BCUT2D eigenvalue weighted by Gasteiger charge is 2.53. The van der Waals surface area contributed by atoms with Crippen LogP contribution in [0.1, 0.15) is 51.4 Å². The van der Waals surface area contributed by atoms with Gasteiger partial charge in [-0.3, -0.25) is 4.79 Å². The standard InChI is InChI=1S/C28H46O15/c29-9-21-23(37)24(38)26(43-27(39)11-4-17(34)22(36)18(35)5-11)28(42-21)41-20-8-13-15(32)6-12(30)7-19(13)40-25(20)10-1-2-14(31)16(33)3-10/h10-26,28-38H,1-9H2/t10?,11?,12?,13?,14?,15?,16?,17?,18?,19?,20?,21-,22?,23+,24+,25?,26-,28-/m1/s1. The van der Waals surface area contributed by atoms with Crippen LogP contribution in [0.25, 0.3) is 0 Å². The van der Waals surface area contributed by atoms with Crippen LogP contribution in [0.4, 0.5) is 0 Å². The minimum absolute atomic E-state index is 0.141. The lowest BCUT2D eigenvalue weighted by atomic mass is 9.72. The second-order valence-electron chi connectivity index (χ2n) is 13.0. The Morgan fingerprint density at radius 2 is 1.40 bits per heavy atom. The van der Waals surface area contributed by atoms with Gasteiger partial charge in [-0.25, -0.2) is 0 Å². The van der Waals surface area contributed by atoms with Gasteiger partial charge in [-0.05, 0) is 57.3 Å². The van der Waals surface area contributed by atoms with Crippen LogP contribution >= 0.6 is 0 Å². The molecule has 0 amide bonds. The van der Waals surface area contributed by atoms with Crippen molar-refractivity contribution in [1.29, 1.82) is 0 Å². The van der Waals surface area contributed by atoms with Gasteiger partial charge < -0.3 is 70.0 Å². The van der Waals surface area contributed by atoms with E-state index in [1.165, 1.54) is 0 Å². The van der Waals surface area contributed by atoms with Crippen molar-refractivity contribution in [2.45, 2.75) is 143 Å². The SMILES string of the molecule is O=C(O[C@H]1[C@H](OC2CC3C(O)CC(O)CC3OC2C2CCC(O)C(O)C2)O[C@H](CO)[C@H](O)[C@@H]1O)C1CC(O)C(O)C(O)C1. The van der Waals surface area contributed by atoms with E-state index in [1.807, 2.05) is 0 Å². The number of aliphatic hydroxyl groups is 10. The number of hydrogen-bond donors (Lipinski definition) is 10. The summed E-state index contributed by atoms with van der Waals surface area (Å²) < 4.78 is 24.1. The van der Waals surface area contributed by atoms with Crippen molar-refractivity contribution in [2.75, 3.05) is 6.61 Å². The average Bonchev–Trinajstić information content (AvgIpc) is 2.96. The predicted molar refractivity (Wildman–Crippen MR) is 141 cm³/mol. The first-order valence-corrected chi connectivity index (χ1v) is 15.3. The molecule has 0 spiro atoms. The Balaban J connectivity index is 1.38. The molecule has 16 atom stereocenters. The predicted octanol–water partition coefficient (Wildman–Crippen LogP) is -3.97. The van der Waals surface area contributed by atoms with E-state index in [-0.39, 0.29) is 44.4 Å². The first-order chi connectivity index (χ1) is 20.4. The number of esters is 1. The molecule has 15 heteroatoms. The van der Waals surface area contributed by atoms with Crippen LogP contribution in [0.2, 0.25) is 0 Å². The number of ether oxygens (including phenoxy) is 4. The van der Waals surface area contributed by atoms with Crippen LogP contribution in [-0.2, 0) is 23.7 Å². The maximum Gasteiger partial charge on any atom is 0.309 e. The van der Waals surface area contributed by atoms with Gasteiger partial charge >= 0.3 is 5.97 Å². The molecule has 5 aliphatic rings. The van der Waals surface area contributed by atoms with Gasteiger partial charge in [0.1, 0.15) is 24.4 Å². The lowest BCUT2D eigenvalue weighted by Crippen LogP contribution is -2.63. The van der Waals surface area contributed by atoms with Gasteiger partial charge in [0.25, 0.3) is 0 Å². The zero-order chi connectivity index (χ0) is 31.2. The van der Waals surface area contributed by atoms with Gasteiger partial charge in [0, 0.05) is 5.92 Å². The Bertz CT molecular complexity index is 928. The molecule has 0 radical (unpaired) electrons. The van der Waals surface area contributed by atoms with Crippen LogP contribution in [0, 0.1) is 17.8 Å². The number of aliphatic hydroxyl groups excluding tert-OH is 10. The highest BCUT2D eigenvalue weighted by Crippen LogP contribution is 2.43. The molecule has 10 N–H and O–H groups in total. The molecule has 15 nitrogen and oxygen atoms in total. The first-order valence-electron chi connectivity index (χ1n) is 15.3. The summed E-state index contributed by atoms with van der Waals surface area (Å²) in [5.41, 5.74) is 0. The summed E-state index contributed by atoms with van der Waals surface area (Å²) in [7, 11) is 0. The average molecular weight is 623 g/mol. The molecule has 5 rings (SSSR count). The van der Waals surface area contributed by atoms with Crippen LogP contribution in [-0.4, -0.2) is 155 Å². The summed E-state index contributed by atoms with van der Waals surface area (Å²) in [6, 6.07) is 0. The maximum absolute atomic E-state index is 13.1. The molecular weight excluding hydrogens is 576 g/mol. The summed E-state index contributed by atoms with van der Waals surface area (Å²) in [5, 5.41) is 103. The number of fused-ring (bicyclic) bond motifs is 1. The molecule has 3 saturated carbocycles. The van der Waals surface area contributed by atoms with Crippen molar-refractivity contribution in [1.82, 2.24) is 0 Å². The lowest BCUT2D eigenvalue weighted by molar-refractivity contribution is -0.335. The first kappa shape index (κ1) is 33.3. The Kier molecular flexibility index (Phi) is 10.7. The van der Waals surface area contributed by atoms with E-state index in [1.54, 1.807) is 0 Å². The second kappa shape index (κ2) is 13.7. The molecule has 43 heavy (non-hydrogen) atoms. The van der Waals surface area contributed by atoms with E-state index >= 15 is 0 Å². The number of carbonyl (C=O) groups is 1. The smallest absolute Gasteiger partial charge is 0.309 e. The van der Waals surface area contributed by atoms with E-state index < -0.39 is 116 Å². The molecule has 5 fully saturated rings. The van der Waals surface area contributed by atoms with Gasteiger partial charge in [0.2, 0.25) is 0 Å². The van der Waals surface area contributed by atoms with E-state index in [9.17, 15) is 55.9 Å². The molecule has 2 saturated heterocycles. The largest absolute Gasteiger partial charge is 0.454 e. The van der Waals surface area contributed by atoms with Crippen molar-refractivity contribution in [2.24, 2.45) is 17.8 Å². The third-order valence-corrected chi connectivity index (χ3v) is 10.0.